The van der Waals surface area contributed by atoms with E-state index in [1.807, 2.05) is 30.3 Å². The molecular formula is C14H14N2O3. The fourth-order valence-corrected chi connectivity index (χ4v) is 1.93. The number of ether oxygens (including phenoxy) is 2. The van der Waals surface area contributed by atoms with E-state index in [0.29, 0.717) is 24.9 Å². The van der Waals surface area contributed by atoms with E-state index in [1.165, 1.54) is 0 Å². The summed E-state index contributed by atoms with van der Waals surface area (Å²) in [6, 6.07) is 7.57. The largest absolute Gasteiger partial charge is 0.497 e. The Bertz CT molecular complexity index is 587. The van der Waals surface area contributed by atoms with Crippen molar-refractivity contribution < 1.29 is 14.0 Å². The molecule has 0 unspecified atom stereocenters. The van der Waals surface area contributed by atoms with E-state index in [1.54, 1.807) is 7.11 Å². The standard InChI is InChI=1S/C14H14N2O3/c1-17-12-4-2-10(3-5-12)13-15-14(19-16-13)11-6-8-18-9-7-11/h2-6H,7-9H2,1H3. The molecule has 5 heteroatoms. The van der Waals surface area contributed by atoms with Crippen molar-refractivity contribution in [2.75, 3.05) is 20.3 Å². The zero-order chi connectivity index (χ0) is 13.1. The minimum atomic E-state index is 0.578. The van der Waals surface area contributed by atoms with E-state index >= 15 is 0 Å². The lowest BCUT2D eigenvalue weighted by molar-refractivity contribution is 0.160. The fourth-order valence-electron chi connectivity index (χ4n) is 1.93. The van der Waals surface area contributed by atoms with Gasteiger partial charge in [0.1, 0.15) is 5.75 Å². The van der Waals surface area contributed by atoms with Gasteiger partial charge in [-0.25, -0.2) is 0 Å². The summed E-state index contributed by atoms with van der Waals surface area (Å²) in [4.78, 5) is 4.42. The molecule has 0 radical (unpaired) electrons. The highest BCUT2D eigenvalue weighted by Crippen LogP contribution is 2.24. The number of benzene rings is 1. The van der Waals surface area contributed by atoms with Crippen LogP contribution >= 0.6 is 0 Å². The van der Waals surface area contributed by atoms with Crippen molar-refractivity contribution in [2.24, 2.45) is 0 Å². The quantitative estimate of drug-likeness (QED) is 0.846. The van der Waals surface area contributed by atoms with Crippen molar-refractivity contribution in [3.8, 4) is 17.1 Å². The van der Waals surface area contributed by atoms with Crippen LogP contribution in [0.5, 0.6) is 5.75 Å². The van der Waals surface area contributed by atoms with Crippen LogP contribution in [0.3, 0.4) is 0 Å². The molecule has 2 heterocycles. The van der Waals surface area contributed by atoms with E-state index in [4.69, 9.17) is 14.0 Å². The number of rotatable bonds is 3. The van der Waals surface area contributed by atoms with Crippen molar-refractivity contribution >= 4 is 5.57 Å². The molecule has 2 aromatic rings. The molecule has 1 aliphatic heterocycles. The third-order valence-corrected chi connectivity index (χ3v) is 3.01. The van der Waals surface area contributed by atoms with Crippen molar-refractivity contribution in [3.63, 3.8) is 0 Å². The second-order valence-electron chi connectivity index (χ2n) is 4.21. The van der Waals surface area contributed by atoms with Crippen LogP contribution in [0.15, 0.2) is 34.9 Å². The van der Waals surface area contributed by atoms with E-state index in [2.05, 4.69) is 10.1 Å². The van der Waals surface area contributed by atoms with Gasteiger partial charge in [0.05, 0.1) is 20.3 Å². The minimum absolute atomic E-state index is 0.578. The molecular weight excluding hydrogens is 244 g/mol. The van der Waals surface area contributed by atoms with Crippen LogP contribution in [0, 0.1) is 0 Å². The van der Waals surface area contributed by atoms with Crippen LogP contribution in [0.25, 0.3) is 17.0 Å². The highest BCUT2D eigenvalue weighted by atomic mass is 16.5. The summed E-state index contributed by atoms with van der Waals surface area (Å²) < 4.78 is 15.7. The van der Waals surface area contributed by atoms with E-state index < -0.39 is 0 Å². The molecule has 0 atom stereocenters. The first-order chi connectivity index (χ1) is 9.36. The lowest BCUT2D eigenvalue weighted by atomic mass is 10.1. The van der Waals surface area contributed by atoms with Crippen LogP contribution in [0.2, 0.25) is 0 Å². The average molecular weight is 258 g/mol. The summed E-state index contributed by atoms with van der Waals surface area (Å²) in [5.41, 5.74) is 1.96. The number of nitrogens with zero attached hydrogens (tertiary/aromatic N) is 2. The third kappa shape index (κ3) is 2.51. The SMILES string of the molecule is COc1ccc(-c2noc(C3=CCOCC3)n2)cc1. The summed E-state index contributed by atoms with van der Waals surface area (Å²) in [7, 11) is 1.64. The van der Waals surface area contributed by atoms with Crippen molar-refractivity contribution in [3.05, 3.63) is 36.2 Å². The summed E-state index contributed by atoms with van der Waals surface area (Å²) >= 11 is 0. The van der Waals surface area contributed by atoms with Crippen molar-refractivity contribution in [2.45, 2.75) is 6.42 Å². The zero-order valence-electron chi connectivity index (χ0n) is 10.6. The third-order valence-electron chi connectivity index (χ3n) is 3.01. The molecule has 0 saturated heterocycles. The summed E-state index contributed by atoms with van der Waals surface area (Å²) in [6.45, 7) is 1.31. The molecule has 0 spiro atoms. The molecule has 1 aromatic heterocycles. The maximum absolute atomic E-state index is 5.30. The Morgan fingerprint density at radius 3 is 2.74 bits per heavy atom. The topological polar surface area (TPSA) is 57.4 Å². The molecule has 5 nitrogen and oxygen atoms in total. The smallest absolute Gasteiger partial charge is 0.254 e. The van der Waals surface area contributed by atoms with Gasteiger partial charge >= 0.3 is 0 Å². The Morgan fingerprint density at radius 1 is 1.21 bits per heavy atom. The van der Waals surface area contributed by atoms with Gasteiger partial charge in [0.15, 0.2) is 0 Å². The second-order valence-corrected chi connectivity index (χ2v) is 4.21. The minimum Gasteiger partial charge on any atom is -0.497 e. The zero-order valence-corrected chi connectivity index (χ0v) is 10.6. The lowest BCUT2D eigenvalue weighted by Crippen LogP contribution is -2.03. The highest BCUT2D eigenvalue weighted by molar-refractivity contribution is 5.62. The summed E-state index contributed by atoms with van der Waals surface area (Å²) in [5.74, 6) is 1.97. The normalized spacial score (nSPS) is 15.1. The van der Waals surface area contributed by atoms with Crippen LogP contribution in [0.4, 0.5) is 0 Å². The Kier molecular flexibility index (Phi) is 3.29. The maximum atomic E-state index is 5.30. The Hall–Kier alpha value is -2.14. The second kappa shape index (κ2) is 5.24. The first kappa shape index (κ1) is 11.9. The van der Waals surface area contributed by atoms with Crippen LogP contribution in [-0.2, 0) is 4.74 Å². The number of aromatic nitrogens is 2. The predicted octanol–water partition coefficient (Wildman–Crippen LogP) is 2.55. The summed E-state index contributed by atoms with van der Waals surface area (Å²) in [5, 5.41) is 4.01. The Balaban J connectivity index is 1.85. The number of hydrogen-bond acceptors (Lipinski definition) is 5. The molecule has 0 amide bonds. The highest BCUT2D eigenvalue weighted by Gasteiger charge is 2.14. The molecule has 0 aliphatic carbocycles. The average Bonchev–Trinajstić information content (AvgIpc) is 2.98. The molecule has 0 bridgehead atoms. The van der Waals surface area contributed by atoms with Crippen LogP contribution < -0.4 is 4.74 Å². The Labute approximate surface area is 110 Å². The molecule has 1 aromatic carbocycles. The van der Waals surface area contributed by atoms with Crippen LogP contribution in [-0.4, -0.2) is 30.5 Å². The van der Waals surface area contributed by atoms with Gasteiger partial charge in [0, 0.05) is 17.6 Å². The molecule has 98 valence electrons. The molecule has 0 N–H and O–H groups in total. The van der Waals surface area contributed by atoms with E-state index in [9.17, 15) is 0 Å². The molecule has 1 aliphatic rings. The predicted molar refractivity (Wildman–Crippen MR) is 69.7 cm³/mol. The van der Waals surface area contributed by atoms with Crippen molar-refractivity contribution in [1.29, 1.82) is 0 Å². The van der Waals surface area contributed by atoms with Gasteiger partial charge in [0.2, 0.25) is 5.82 Å². The first-order valence-electron chi connectivity index (χ1n) is 6.12. The fraction of sp³-hybridized carbons (Fsp3) is 0.286. The van der Waals surface area contributed by atoms with Gasteiger partial charge in [-0.2, -0.15) is 4.98 Å². The molecule has 0 saturated carbocycles. The number of methoxy groups -OCH3 is 1. The van der Waals surface area contributed by atoms with E-state index in [0.717, 1.165) is 23.3 Å². The van der Waals surface area contributed by atoms with Gasteiger partial charge in [-0.3, -0.25) is 0 Å². The van der Waals surface area contributed by atoms with Gasteiger partial charge in [0.25, 0.3) is 5.89 Å². The van der Waals surface area contributed by atoms with E-state index in [-0.39, 0.29) is 0 Å². The molecule has 0 fully saturated rings. The van der Waals surface area contributed by atoms with Gasteiger partial charge in [-0.1, -0.05) is 11.2 Å². The lowest BCUT2D eigenvalue weighted by Gasteiger charge is -2.08. The van der Waals surface area contributed by atoms with Crippen LogP contribution in [0.1, 0.15) is 12.3 Å². The summed E-state index contributed by atoms with van der Waals surface area (Å²) in [6.07, 6.45) is 2.79. The first-order valence-corrected chi connectivity index (χ1v) is 6.12. The number of hydrogen-bond donors (Lipinski definition) is 0. The molecule has 19 heavy (non-hydrogen) atoms. The van der Waals surface area contributed by atoms with Gasteiger partial charge in [-0.15, -0.1) is 0 Å². The van der Waals surface area contributed by atoms with Gasteiger partial charge < -0.3 is 14.0 Å². The maximum Gasteiger partial charge on any atom is 0.254 e. The Morgan fingerprint density at radius 2 is 2.05 bits per heavy atom. The monoisotopic (exact) mass is 258 g/mol. The van der Waals surface area contributed by atoms with Crippen molar-refractivity contribution in [1.82, 2.24) is 10.1 Å². The molecule has 3 rings (SSSR count). The van der Waals surface area contributed by atoms with Gasteiger partial charge in [-0.05, 0) is 24.3 Å².